The lowest BCUT2D eigenvalue weighted by atomic mass is 9.77. The van der Waals surface area contributed by atoms with Crippen molar-refractivity contribution in [2.75, 3.05) is 26.7 Å². The van der Waals surface area contributed by atoms with E-state index in [1.807, 2.05) is 74.6 Å². The monoisotopic (exact) mass is 806 g/mol. The third-order valence-corrected chi connectivity index (χ3v) is 11.6. The number of aliphatic hydroxyl groups is 1. The molecule has 59 heavy (non-hydrogen) atoms. The number of fused-ring (bicyclic) bond motifs is 1. The number of Topliss-reactive ketones (excluding diaryl/α,β-unsaturated/α-hetero) is 1. The Hall–Kier alpha value is -6.25. The molecule has 0 spiro atoms. The third-order valence-electron chi connectivity index (χ3n) is 11.6. The van der Waals surface area contributed by atoms with Crippen LogP contribution >= 0.6 is 0 Å². The molecule has 7 rings (SSSR count). The maximum Gasteiger partial charge on any atom is 0.363 e. The molecule has 4 aromatic carbocycles. The number of non-ortho nitro benzene ring substituents is 1. The summed E-state index contributed by atoms with van der Waals surface area (Å²) in [5.74, 6) is -4.97. The molecule has 1 unspecified atom stereocenters. The van der Waals surface area contributed by atoms with Crippen molar-refractivity contribution in [1.29, 1.82) is 0 Å². The van der Waals surface area contributed by atoms with Gasteiger partial charge in [0.05, 0.1) is 54.3 Å². The normalized spacial score (nSPS) is 22.7. The molecule has 3 aliphatic heterocycles. The van der Waals surface area contributed by atoms with E-state index in [2.05, 4.69) is 0 Å². The number of rotatable bonds is 15. The molecule has 3 heterocycles. The average molecular weight is 807 g/mol. The highest BCUT2D eigenvalue weighted by atomic mass is 19.1. The minimum absolute atomic E-state index is 0.0533. The molecule has 6 atom stereocenters. The Labute approximate surface area is 340 Å². The van der Waals surface area contributed by atoms with Gasteiger partial charge < -0.3 is 28.7 Å². The van der Waals surface area contributed by atoms with Crippen molar-refractivity contribution < 1.29 is 52.3 Å². The van der Waals surface area contributed by atoms with E-state index >= 15 is 4.39 Å². The number of nitrogens with zero attached hydrogens (tertiary/aromatic N) is 3. The molecule has 14 heteroatoms. The molecule has 3 aliphatic rings. The third kappa shape index (κ3) is 8.50. The number of halogens is 1. The lowest BCUT2D eigenvalue weighted by Gasteiger charge is -2.46. The Balaban J connectivity index is 1.08. The molecule has 1 N–H and O–H groups in total. The van der Waals surface area contributed by atoms with Gasteiger partial charge in [0.2, 0.25) is 5.91 Å². The van der Waals surface area contributed by atoms with Gasteiger partial charge in [0, 0.05) is 42.4 Å². The number of hydrogen-bond acceptors (Lipinski definition) is 10. The van der Waals surface area contributed by atoms with Gasteiger partial charge in [-0.1, -0.05) is 67.6 Å². The number of benzene rings is 4. The highest BCUT2D eigenvalue weighted by Gasteiger charge is 2.61. The summed E-state index contributed by atoms with van der Waals surface area (Å²) in [6.07, 6.45) is -0.301. The number of carbonyl (C=O) groups excluding carboxylic acids is 4. The number of aliphatic hydroxyl groups excluding tert-OH is 1. The second kappa shape index (κ2) is 16.9. The van der Waals surface area contributed by atoms with Crippen molar-refractivity contribution in [3.05, 3.63) is 147 Å². The molecule has 0 aromatic heterocycles. The molecular weight excluding hydrogens is 762 g/mol. The van der Waals surface area contributed by atoms with Crippen molar-refractivity contribution in [2.45, 2.75) is 52.0 Å². The van der Waals surface area contributed by atoms with E-state index in [4.69, 9.17) is 14.2 Å². The Bertz CT molecular complexity index is 2300. The molecule has 306 valence electrons. The van der Waals surface area contributed by atoms with Crippen LogP contribution in [0.5, 0.6) is 11.5 Å². The number of esters is 2. The van der Waals surface area contributed by atoms with E-state index in [0.29, 0.717) is 29.6 Å². The summed E-state index contributed by atoms with van der Waals surface area (Å²) < 4.78 is 34.0. The number of amides is 1. The summed E-state index contributed by atoms with van der Waals surface area (Å²) in [5, 5.41) is 21.5. The van der Waals surface area contributed by atoms with Gasteiger partial charge in [-0.15, -0.1) is 0 Å². The fourth-order valence-electron chi connectivity index (χ4n) is 8.61. The molecule has 4 aromatic rings. The quantitative estimate of drug-likeness (QED) is 0.0270. The number of likely N-dealkylation sites (N-methyl/N-ethyl adjacent to an activating group) is 1. The second-order valence-electron chi connectivity index (χ2n) is 15.9. The van der Waals surface area contributed by atoms with Gasteiger partial charge in [-0.2, -0.15) is 0 Å². The van der Waals surface area contributed by atoms with Gasteiger partial charge in [-0.3, -0.25) is 19.7 Å². The van der Waals surface area contributed by atoms with Crippen LogP contribution < -0.4 is 9.47 Å². The van der Waals surface area contributed by atoms with E-state index in [0.717, 1.165) is 23.3 Å². The standard InChI is InChI=1S/C45H45FN3O10/c1-27-35(41(47-40(27)38(28(2)50)43(47)52)45(54)59-44(53)32-14-16-33(17-15-32)48(55)56)24-49(3)21-20-31(23-49)22-36(51)34-18-19-37(57-25-29-10-6-4-7-11-29)42(39(34)46)58-26-30-12-8-5-9-13-30/h4-19,27-28,31,38,40,50H,20-26H2,1-3H3/q+1/t27-,28+,31-,38+,40+,49?/m0/s1. The van der Waals surface area contributed by atoms with Gasteiger partial charge in [0.25, 0.3) is 5.69 Å². The minimum Gasteiger partial charge on any atom is -0.485 e. The first kappa shape index (κ1) is 40.9. The number of nitro groups is 1. The number of ether oxygens (including phenoxy) is 3. The van der Waals surface area contributed by atoms with Crippen molar-refractivity contribution in [3.8, 4) is 11.5 Å². The molecule has 0 bridgehead atoms. The van der Waals surface area contributed by atoms with Crippen molar-refractivity contribution in [3.63, 3.8) is 0 Å². The summed E-state index contributed by atoms with van der Waals surface area (Å²) in [5.41, 5.74) is 1.79. The maximum absolute atomic E-state index is 16.3. The second-order valence-corrected chi connectivity index (χ2v) is 15.9. The molecule has 0 aliphatic carbocycles. The number of nitro benzene ring substituents is 1. The summed E-state index contributed by atoms with van der Waals surface area (Å²) in [6, 6.07) is 25.8. The van der Waals surface area contributed by atoms with Crippen LogP contribution in [0.4, 0.5) is 10.1 Å². The van der Waals surface area contributed by atoms with Crippen LogP contribution in [0.3, 0.4) is 0 Å². The zero-order valence-corrected chi connectivity index (χ0v) is 32.9. The van der Waals surface area contributed by atoms with Gasteiger partial charge in [-0.05, 0) is 42.3 Å². The van der Waals surface area contributed by atoms with Gasteiger partial charge in [-0.25, -0.2) is 14.0 Å². The zero-order chi connectivity index (χ0) is 42.0. The molecule has 13 nitrogen and oxygen atoms in total. The summed E-state index contributed by atoms with van der Waals surface area (Å²) in [6.45, 7) is 5.01. The Morgan fingerprint density at radius 3 is 2.17 bits per heavy atom. The van der Waals surface area contributed by atoms with Crippen LogP contribution in [-0.4, -0.2) is 81.9 Å². The Morgan fingerprint density at radius 2 is 1.56 bits per heavy atom. The average Bonchev–Trinajstić information content (AvgIpc) is 3.70. The topological polar surface area (TPSA) is 163 Å². The van der Waals surface area contributed by atoms with E-state index in [1.54, 1.807) is 6.07 Å². The first-order chi connectivity index (χ1) is 28.2. The summed E-state index contributed by atoms with van der Waals surface area (Å²) in [4.78, 5) is 65.7. The van der Waals surface area contributed by atoms with Gasteiger partial charge in [0.15, 0.2) is 23.1 Å². The summed E-state index contributed by atoms with van der Waals surface area (Å²) in [7, 11) is 1.98. The van der Waals surface area contributed by atoms with Crippen molar-refractivity contribution in [1.82, 2.24) is 4.90 Å². The van der Waals surface area contributed by atoms with Crippen LogP contribution in [0.2, 0.25) is 0 Å². The van der Waals surface area contributed by atoms with Crippen LogP contribution in [0.25, 0.3) is 0 Å². The van der Waals surface area contributed by atoms with Crippen molar-refractivity contribution >= 4 is 29.3 Å². The zero-order valence-electron chi connectivity index (χ0n) is 32.9. The predicted octanol–water partition coefficient (Wildman–Crippen LogP) is 6.43. The SMILES string of the molecule is C[C@@H](O)[C@H]1C(=O)N2C(C(=O)OC(=O)c3ccc([N+](=O)[O-])cc3)=C(C[N+]3(C)CC[C@@H](CC(=O)c4ccc(OCc5ccccc5)c(OCc5ccccc5)c4F)C3)[C@H](C)[C@H]12. The number of β-lactam (4-membered cyclic amide) rings is 1. The molecule has 0 saturated carbocycles. The molecule has 2 saturated heterocycles. The maximum atomic E-state index is 16.3. The lowest BCUT2D eigenvalue weighted by Crippen LogP contribution is -2.63. The van der Waals surface area contributed by atoms with Gasteiger partial charge >= 0.3 is 11.9 Å². The predicted molar refractivity (Wildman–Crippen MR) is 211 cm³/mol. The van der Waals surface area contributed by atoms with Crippen molar-refractivity contribution in [2.24, 2.45) is 17.8 Å². The van der Waals surface area contributed by atoms with E-state index in [1.165, 1.54) is 30.0 Å². The molecule has 1 amide bonds. The number of ketones is 1. The molecule has 2 fully saturated rings. The van der Waals surface area contributed by atoms with Crippen LogP contribution in [-0.2, 0) is 27.5 Å². The minimum atomic E-state index is -1.04. The molecule has 0 radical (unpaired) electrons. The van der Waals surface area contributed by atoms with E-state index in [-0.39, 0.29) is 72.0 Å². The highest BCUT2D eigenvalue weighted by molar-refractivity contribution is 6.06. The van der Waals surface area contributed by atoms with Crippen LogP contribution in [0.15, 0.2) is 108 Å². The summed E-state index contributed by atoms with van der Waals surface area (Å²) >= 11 is 0. The Kier molecular flexibility index (Phi) is 11.7. The van der Waals surface area contributed by atoms with Gasteiger partial charge in [0.1, 0.15) is 25.5 Å². The smallest absolute Gasteiger partial charge is 0.363 e. The fraction of sp³-hybridized carbons (Fsp3) is 0.333. The number of hydrogen-bond donors (Lipinski definition) is 1. The lowest BCUT2D eigenvalue weighted by molar-refractivity contribution is -0.894. The van der Waals surface area contributed by atoms with E-state index in [9.17, 15) is 34.4 Å². The molecular formula is C45H45FN3O10+. The van der Waals surface area contributed by atoms with Crippen LogP contribution in [0, 0.1) is 33.7 Å². The largest absolute Gasteiger partial charge is 0.485 e. The van der Waals surface area contributed by atoms with E-state index < -0.39 is 52.4 Å². The first-order valence-electron chi connectivity index (χ1n) is 19.5. The number of likely N-dealkylation sites (tertiary alicyclic amines) is 1. The number of quaternary nitrogens is 1. The highest BCUT2D eigenvalue weighted by Crippen LogP contribution is 2.48. The fourth-order valence-corrected chi connectivity index (χ4v) is 8.61. The van der Waals surface area contributed by atoms with Crippen LogP contribution in [0.1, 0.15) is 58.5 Å². The first-order valence-corrected chi connectivity index (χ1v) is 19.5. The number of carbonyl (C=O) groups is 4. The Morgan fingerprint density at radius 1 is 0.932 bits per heavy atom.